The zero-order valence-electron chi connectivity index (χ0n) is 6.56. The molecule has 4 nitrogen and oxygen atoms in total. The summed E-state index contributed by atoms with van der Waals surface area (Å²) in [7, 11) is 3.13. The zero-order valence-corrected chi connectivity index (χ0v) is 8.07. The first-order valence-electron chi connectivity index (χ1n) is 3.17. The maximum atomic E-state index is 11.1. The molecular weight excluding hydrogens is 201 g/mol. The van der Waals surface area contributed by atoms with E-state index in [1.165, 1.54) is 11.6 Å². The standard InChI is InChI=1S/C6H7Cl2N3O/c1-9-6(12)5-10-3(7)4(8)11(5)2/h1-2H3,(H,9,12). The van der Waals surface area contributed by atoms with Crippen LogP contribution in [-0.4, -0.2) is 22.5 Å². The van der Waals surface area contributed by atoms with E-state index in [0.717, 1.165) is 0 Å². The van der Waals surface area contributed by atoms with Crippen LogP contribution in [0.1, 0.15) is 10.6 Å². The second kappa shape index (κ2) is 3.33. The van der Waals surface area contributed by atoms with Crippen LogP contribution in [0.4, 0.5) is 0 Å². The Morgan fingerprint density at radius 1 is 1.58 bits per heavy atom. The maximum Gasteiger partial charge on any atom is 0.287 e. The molecule has 0 aliphatic carbocycles. The molecule has 0 radical (unpaired) electrons. The Bertz CT molecular complexity index is 321. The van der Waals surface area contributed by atoms with E-state index in [9.17, 15) is 4.79 Å². The summed E-state index contributed by atoms with van der Waals surface area (Å²) < 4.78 is 1.42. The molecule has 0 bridgehead atoms. The van der Waals surface area contributed by atoms with Gasteiger partial charge in [0.05, 0.1) is 0 Å². The lowest BCUT2D eigenvalue weighted by molar-refractivity contribution is 0.0950. The molecule has 0 fully saturated rings. The summed E-state index contributed by atoms with van der Waals surface area (Å²) in [5, 5.41) is 2.82. The van der Waals surface area contributed by atoms with Crippen molar-refractivity contribution in [3.05, 3.63) is 16.1 Å². The first-order valence-corrected chi connectivity index (χ1v) is 3.93. The van der Waals surface area contributed by atoms with Crippen LogP contribution in [0.15, 0.2) is 0 Å². The first kappa shape index (κ1) is 9.35. The van der Waals surface area contributed by atoms with Crippen molar-refractivity contribution in [1.29, 1.82) is 0 Å². The molecule has 1 N–H and O–H groups in total. The third-order valence-electron chi connectivity index (χ3n) is 1.42. The predicted molar refractivity (Wildman–Crippen MR) is 46.6 cm³/mol. The molecule has 0 unspecified atom stereocenters. The molecule has 1 amide bonds. The third kappa shape index (κ3) is 1.40. The van der Waals surface area contributed by atoms with Crippen LogP contribution < -0.4 is 5.32 Å². The highest BCUT2D eigenvalue weighted by atomic mass is 35.5. The van der Waals surface area contributed by atoms with E-state index in [2.05, 4.69) is 10.3 Å². The van der Waals surface area contributed by atoms with Gasteiger partial charge in [0, 0.05) is 14.1 Å². The van der Waals surface area contributed by atoms with Gasteiger partial charge in [0.1, 0.15) is 5.15 Å². The molecule has 0 aliphatic heterocycles. The molecule has 6 heteroatoms. The van der Waals surface area contributed by atoms with Gasteiger partial charge < -0.3 is 9.88 Å². The van der Waals surface area contributed by atoms with Gasteiger partial charge in [-0.05, 0) is 0 Å². The lowest BCUT2D eigenvalue weighted by atomic mass is 10.5. The lowest BCUT2D eigenvalue weighted by Crippen LogP contribution is -2.21. The van der Waals surface area contributed by atoms with E-state index < -0.39 is 0 Å². The minimum atomic E-state index is -0.314. The average Bonchev–Trinajstić information content (AvgIpc) is 2.32. The van der Waals surface area contributed by atoms with Crippen molar-refractivity contribution in [2.75, 3.05) is 7.05 Å². The van der Waals surface area contributed by atoms with Crippen LogP contribution in [-0.2, 0) is 7.05 Å². The Balaban J connectivity index is 3.17. The van der Waals surface area contributed by atoms with Crippen molar-refractivity contribution in [2.24, 2.45) is 7.05 Å². The monoisotopic (exact) mass is 207 g/mol. The van der Waals surface area contributed by atoms with E-state index in [1.807, 2.05) is 0 Å². The summed E-state index contributed by atoms with van der Waals surface area (Å²) in [5.41, 5.74) is 0. The molecule has 12 heavy (non-hydrogen) atoms. The molecule has 0 aliphatic rings. The van der Waals surface area contributed by atoms with E-state index in [4.69, 9.17) is 23.2 Å². The van der Waals surface area contributed by atoms with Crippen molar-refractivity contribution < 1.29 is 4.79 Å². The van der Waals surface area contributed by atoms with Gasteiger partial charge in [0.25, 0.3) is 5.91 Å². The molecule has 1 aromatic heterocycles. The van der Waals surface area contributed by atoms with Gasteiger partial charge in [-0.2, -0.15) is 0 Å². The molecule has 0 spiro atoms. The number of carbonyl (C=O) groups is 1. The quantitative estimate of drug-likeness (QED) is 0.750. The number of carbonyl (C=O) groups excluding carboxylic acids is 1. The first-order chi connectivity index (χ1) is 5.57. The van der Waals surface area contributed by atoms with Gasteiger partial charge in [-0.1, -0.05) is 23.2 Å². The highest BCUT2D eigenvalue weighted by Gasteiger charge is 2.15. The van der Waals surface area contributed by atoms with Gasteiger partial charge in [0.15, 0.2) is 5.15 Å². The number of nitrogens with one attached hydrogen (secondary N) is 1. The Kier molecular flexibility index (Phi) is 2.59. The van der Waals surface area contributed by atoms with Crippen molar-refractivity contribution in [3.8, 4) is 0 Å². The number of imidazole rings is 1. The smallest absolute Gasteiger partial charge is 0.287 e. The van der Waals surface area contributed by atoms with Crippen LogP contribution in [0, 0.1) is 0 Å². The minimum absolute atomic E-state index is 0.137. The molecule has 66 valence electrons. The molecule has 0 saturated heterocycles. The summed E-state index contributed by atoms with van der Waals surface area (Å²) in [6.07, 6.45) is 0. The average molecular weight is 208 g/mol. The van der Waals surface area contributed by atoms with E-state index >= 15 is 0 Å². The molecule has 1 rings (SSSR count). The highest BCUT2D eigenvalue weighted by molar-refractivity contribution is 6.40. The third-order valence-corrected chi connectivity index (χ3v) is 2.21. The Labute approximate surface area is 79.5 Å². The summed E-state index contributed by atoms with van der Waals surface area (Å²) in [5.74, 6) is -0.112. The van der Waals surface area contributed by atoms with Crippen LogP contribution >= 0.6 is 23.2 Å². The molecule has 0 saturated carbocycles. The van der Waals surface area contributed by atoms with Crippen molar-refractivity contribution in [1.82, 2.24) is 14.9 Å². The van der Waals surface area contributed by atoms with Gasteiger partial charge in [-0.3, -0.25) is 4.79 Å². The van der Waals surface area contributed by atoms with Gasteiger partial charge in [-0.25, -0.2) is 4.98 Å². The van der Waals surface area contributed by atoms with Crippen LogP contribution in [0.3, 0.4) is 0 Å². The SMILES string of the molecule is CNC(=O)c1nc(Cl)c(Cl)n1C. The van der Waals surface area contributed by atoms with Gasteiger partial charge in [0.2, 0.25) is 5.82 Å². The van der Waals surface area contributed by atoms with Crippen molar-refractivity contribution in [3.63, 3.8) is 0 Å². The highest BCUT2D eigenvalue weighted by Crippen LogP contribution is 2.20. The molecular formula is C6H7Cl2N3O. The number of amides is 1. The van der Waals surface area contributed by atoms with E-state index in [-0.39, 0.29) is 22.0 Å². The molecule has 0 atom stereocenters. The van der Waals surface area contributed by atoms with Gasteiger partial charge >= 0.3 is 0 Å². The molecule has 1 heterocycles. The fourth-order valence-corrected chi connectivity index (χ4v) is 1.09. The van der Waals surface area contributed by atoms with Crippen LogP contribution in [0.25, 0.3) is 0 Å². The van der Waals surface area contributed by atoms with E-state index in [1.54, 1.807) is 7.05 Å². The Hall–Kier alpha value is -0.740. The number of hydrogen-bond donors (Lipinski definition) is 1. The van der Waals surface area contributed by atoms with Crippen LogP contribution in [0.2, 0.25) is 10.3 Å². The summed E-state index contributed by atoms with van der Waals surface area (Å²) >= 11 is 11.3. The number of nitrogens with zero attached hydrogens (tertiary/aromatic N) is 2. The summed E-state index contributed by atoms with van der Waals surface area (Å²) in [4.78, 5) is 14.9. The Morgan fingerprint density at radius 2 is 2.17 bits per heavy atom. The molecule has 0 aromatic carbocycles. The fraction of sp³-hybridized carbons (Fsp3) is 0.333. The topological polar surface area (TPSA) is 46.9 Å². The maximum absolute atomic E-state index is 11.1. The lowest BCUT2D eigenvalue weighted by Gasteiger charge is -1.98. The largest absolute Gasteiger partial charge is 0.352 e. The van der Waals surface area contributed by atoms with Crippen molar-refractivity contribution in [2.45, 2.75) is 0 Å². The second-order valence-electron chi connectivity index (χ2n) is 2.16. The summed E-state index contributed by atoms with van der Waals surface area (Å²) in [6.45, 7) is 0. The Morgan fingerprint density at radius 3 is 2.50 bits per heavy atom. The number of hydrogen-bond acceptors (Lipinski definition) is 2. The predicted octanol–water partition coefficient (Wildman–Crippen LogP) is 1.09. The second-order valence-corrected chi connectivity index (χ2v) is 2.87. The number of halogens is 2. The molecule has 1 aromatic rings. The fourth-order valence-electron chi connectivity index (χ4n) is 0.760. The van der Waals surface area contributed by atoms with Crippen molar-refractivity contribution >= 4 is 29.1 Å². The number of rotatable bonds is 1. The van der Waals surface area contributed by atoms with Gasteiger partial charge in [-0.15, -0.1) is 0 Å². The number of aromatic nitrogens is 2. The van der Waals surface area contributed by atoms with Crippen LogP contribution in [0.5, 0.6) is 0 Å². The van der Waals surface area contributed by atoms with E-state index in [0.29, 0.717) is 0 Å². The summed E-state index contributed by atoms with van der Waals surface area (Å²) in [6, 6.07) is 0. The zero-order chi connectivity index (χ0) is 9.30. The normalized spacial score (nSPS) is 10.0. The minimum Gasteiger partial charge on any atom is -0.352 e.